The predicted molar refractivity (Wildman–Crippen MR) is 94.9 cm³/mol. The second kappa shape index (κ2) is 14.2. The van der Waals surface area contributed by atoms with Crippen LogP contribution in [0.3, 0.4) is 0 Å². The molecule has 1 heterocycles. The summed E-state index contributed by atoms with van der Waals surface area (Å²) in [5.74, 6) is 0. The molecule has 0 saturated carbocycles. The Kier molecular flexibility index (Phi) is 11.5. The fourth-order valence-corrected chi connectivity index (χ4v) is 2.60. The van der Waals surface area contributed by atoms with Gasteiger partial charge in [-0.1, -0.05) is 30.3 Å². The first kappa shape index (κ1) is 20.3. The van der Waals surface area contributed by atoms with Crippen molar-refractivity contribution in [2.24, 2.45) is 0 Å². The van der Waals surface area contributed by atoms with Gasteiger partial charge in [-0.3, -0.25) is 0 Å². The summed E-state index contributed by atoms with van der Waals surface area (Å²) >= 11 is 0. The van der Waals surface area contributed by atoms with Crippen molar-refractivity contribution >= 4 is 0 Å². The van der Waals surface area contributed by atoms with Crippen molar-refractivity contribution in [1.82, 2.24) is 0 Å². The molecule has 0 aromatic heterocycles. The molecule has 1 saturated heterocycles. The van der Waals surface area contributed by atoms with Crippen LogP contribution in [0.2, 0.25) is 0 Å². The van der Waals surface area contributed by atoms with Gasteiger partial charge in [-0.05, 0) is 0 Å². The SMILES string of the molecule is c1ccc(C[NH+]2CCOCCOCCOCCOCCOCC2)cc1. The fourth-order valence-electron chi connectivity index (χ4n) is 2.60. The van der Waals surface area contributed by atoms with E-state index in [2.05, 4.69) is 30.3 Å². The highest BCUT2D eigenvalue weighted by Crippen LogP contribution is 1.95. The van der Waals surface area contributed by atoms with Crippen molar-refractivity contribution in [3.05, 3.63) is 35.9 Å². The fraction of sp³-hybridized carbons (Fsp3) is 0.684. The maximum absolute atomic E-state index is 5.70. The van der Waals surface area contributed by atoms with E-state index in [9.17, 15) is 0 Å². The molecule has 0 amide bonds. The van der Waals surface area contributed by atoms with Crippen molar-refractivity contribution in [3.8, 4) is 0 Å². The zero-order valence-electron chi connectivity index (χ0n) is 15.1. The van der Waals surface area contributed by atoms with Gasteiger partial charge in [-0.2, -0.15) is 0 Å². The van der Waals surface area contributed by atoms with Crippen molar-refractivity contribution in [1.29, 1.82) is 0 Å². The quantitative estimate of drug-likeness (QED) is 0.821. The van der Waals surface area contributed by atoms with E-state index in [-0.39, 0.29) is 0 Å². The molecule has 1 aromatic carbocycles. The van der Waals surface area contributed by atoms with Crippen LogP contribution in [0.1, 0.15) is 5.56 Å². The van der Waals surface area contributed by atoms with Crippen molar-refractivity contribution in [2.75, 3.05) is 79.2 Å². The molecule has 0 bridgehead atoms. The first-order chi connectivity index (χ1) is 12.4. The summed E-state index contributed by atoms with van der Waals surface area (Å²) in [7, 11) is 0. The molecule has 1 aliphatic rings. The summed E-state index contributed by atoms with van der Waals surface area (Å²) in [5.41, 5.74) is 1.34. The minimum Gasteiger partial charge on any atom is -0.377 e. The van der Waals surface area contributed by atoms with Gasteiger partial charge in [-0.25, -0.2) is 0 Å². The normalized spacial score (nSPS) is 21.3. The van der Waals surface area contributed by atoms with E-state index in [0.717, 1.165) is 32.8 Å². The first-order valence-corrected chi connectivity index (χ1v) is 9.21. The third kappa shape index (κ3) is 10.5. The topological polar surface area (TPSA) is 50.6 Å². The highest BCUT2D eigenvalue weighted by molar-refractivity contribution is 5.13. The second-order valence-electron chi connectivity index (χ2n) is 5.97. The number of nitrogens with one attached hydrogen (secondary N) is 1. The van der Waals surface area contributed by atoms with Gasteiger partial charge >= 0.3 is 0 Å². The van der Waals surface area contributed by atoms with E-state index < -0.39 is 0 Å². The lowest BCUT2D eigenvalue weighted by Gasteiger charge is -2.20. The predicted octanol–water partition coefficient (Wildman–Crippen LogP) is 0.168. The number of ether oxygens (including phenoxy) is 5. The molecule has 25 heavy (non-hydrogen) atoms. The van der Waals surface area contributed by atoms with E-state index in [1.54, 1.807) is 0 Å². The van der Waals surface area contributed by atoms with Gasteiger partial charge in [0, 0.05) is 5.56 Å². The smallest absolute Gasteiger partial charge is 0.103 e. The van der Waals surface area contributed by atoms with Gasteiger partial charge in [-0.15, -0.1) is 0 Å². The average molecular weight is 354 g/mol. The molecular formula is C19H32NO5+. The van der Waals surface area contributed by atoms with E-state index in [4.69, 9.17) is 23.7 Å². The third-order valence-electron chi connectivity index (χ3n) is 3.98. The maximum Gasteiger partial charge on any atom is 0.103 e. The zero-order chi connectivity index (χ0) is 17.4. The van der Waals surface area contributed by atoms with E-state index in [1.165, 1.54) is 10.5 Å². The number of benzene rings is 1. The van der Waals surface area contributed by atoms with Crippen LogP contribution in [-0.2, 0) is 30.2 Å². The Morgan fingerprint density at radius 2 is 0.960 bits per heavy atom. The lowest BCUT2D eigenvalue weighted by molar-refractivity contribution is -0.914. The lowest BCUT2D eigenvalue weighted by Crippen LogP contribution is -3.11. The highest BCUT2D eigenvalue weighted by atomic mass is 16.6. The summed E-state index contributed by atoms with van der Waals surface area (Å²) in [6.07, 6.45) is 0. The Morgan fingerprint density at radius 3 is 1.40 bits per heavy atom. The average Bonchev–Trinajstić information content (AvgIpc) is 2.64. The number of rotatable bonds is 2. The first-order valence-electron chi connectivity index (χ1n) is 9.21. The second-order valence-corrected chi connectivity index (χ2v) is 5.97. The van der Waals surface area contributed by atoms with Crippen LogP contribution in [0.4, 0.5) is 0 Å². The van der Waals surface area contributed by atoms with Crippen LogP contribution in [0, 0.1) is 0 Å². The molecule has 2 rings (SSSR count). The van der Waals surface area contributed by atoms with Gasteiger partial charge in [0.1, 0.15) is 19.6 Å². The Labute approximate surface area is 150 Å². The molecule has 6 nitrogen and oxygen atoms in total. The van der Waals surface area contributed by atoms with Crippen LogP contribution in [0.5, 0.6) is 0 Å². The van der Waals surface area contributed by atoms with Gasteiger partial charge in [0.25, 0.3) is 0 Å². The molecule has 1 fully saturated rings. The standard InChI is InChI=1S/C19H31NO5/c1-2-4-19(5-3-1)18-20-6-8-21-10-12-23-14-16-25-17-15-24-13-11-22-9-7-20/h1-5H,6-18H2/p+1. The maximum atomic E-state index is 5.70. The highest BCUT2D eigenvalue weighted by Gasteiger charge is 2.10. The monoisotopic (exact) mass is 354 g/mol. The molecule has 0 unspecified atom stereocenters. The molecule has 0 spiro atoms. The van der Waals surface area contributed by atoms with Crippen molar-refractivity contribution < 1.29 is 28.6 Å². The van der Waals surface area contributed by atoms with Crippen LogP contribution in [0.25, 0.3) is 0 Å². The summed E-state index contributed by atoms with van der Waals surface area (Å²) in [4.78, 5) is 1.46. The number of hydrogen-bond acceptors (Lipinski definition) is 5. The van der Waals surface area contributed by atoms with E-state index in [0.29, 0.717) is 52.9 Å². The van der Waals surface area contributed by atoms with Gasteiger partial charge in [0.2, 0.25) is 0 Å². The molecule has 1 aromatic rings. The van der Waals surface area contributed by atoms with Gasteiger partial charge in [0.15, 0.2) is 0 Å². The minimum absolute atomic E-state index is 0.592. The molecule has 1 aliphatic heterocycles. The van der Waals surface area contributed by atoms with Crippen molar-refractivity contribution in [2.45, 2.75) is 6.54 Å². The van der Waals surface area contributed by atoms with Crippen LogP contribution in [-0.4, -0.2) is 79.2 Å². The largest absolute Gasteiger partial charge is 0.377 e. The summed E-state index contributed by atoms with van der Waals surface area (Å²) < 4.78 is 27.8. The summed E-state index contributed by atoms with van der Waals surface area (Å²) in [6.45, 7) is 9.19. The molecule has 142 valence electrons. The van der Waals surface area contributed by atoms with Crippen LogP contribution in [0.15, 0.2) is 30.3 Å². The molecule has 6 heteroatoms. The van der Waals surface area contributed by atoms with Crippen LogP contribution < -0.4 is 4.90 Å². The Hall–Kier alpha value is -1.02. The molecule has 1 N–H and O–H groups in total. The molecular weight excluding hydrogens is 322 g/mol. The van der Waals surface area contributed by atoms with Crippen molar-refractivity contribution in [3.63, 3.8) is 0 Å². The van der Waals surface area contributed by atoms with Gasteiger partial charge < -0.3 is 28.6 Å². The summed E-state index contributed by atoms with van der Waals surface area (Å²) in [6, 6.07) is 10.6. The van der Waals surface area contributed by atoms with Gasteiger partial charge in [0.05, 0.1) is 66.1 Å². The van der Waals surface area contributed by atoms with E-state index in [1.807, 2.05) is 0 Å². The molecule has 0 atom stereocenters. The van der Waals surface area contributed by atoms with Crippen LogP contribution >= 0.6 is 0 Å². The van der Waals surface area contributed by atoms with E-state index >= 15 is 0 Å². The third-order valence-corrected chi connectivity index (χ3v) is 3.98. The lowest BCUT2D eigenvalue weighted by atomic mass is 10.2. The Bertz CT molecular complexity index is 400. The number of hydrogen-bond donors (Lipinski definition) is 1. The Morgan fingerprint density at radius 1 is 0.560 bits per heavy atom. The molecule has 0 radical (unpaired) electrons. The Balaban J connectivity index is 1.73. The number of quaternary nitrogens is 1. The summed E-state index contributed by atoms with van der Waals surface area (Å²) in [5, 5.41) is 0. The zero-order valence-corrected chi connectivity index (χ0v) is 15.1. The minimum atomic E-state index is 0.592. The molecule has 0 aliphatic carbocycles.